The molecule has 0 radical (unpaired) electrons. The summed E-state index contributed by atoms with van der Waals surface area (Å²) in [5, 5.41) is 5.85. The van der Waals surface area contributed by atoms with Gasteiger partial charge in [-0.1, -0.05) is 52.4 Å². The molecular formula is C34H52N10O4. The summed E-state index contributed by atoms with van der Waals surface area (Å²) >= 11 is 0. The third-order valence-corrected chi connectivity index (χ3v) is 6.83. The van der Waals surface area contributed by atoms with Gasteiger partial charge in [0.2, 0.25) is 23.8 Å². The molecule has 0 unspecified atom stereocenters. The molecule has 0 fully saturated rings. The number of hydrogen-bond acceptors (Lipinski definition) is 6. The van der Waals surface area contributed by atoms with E-state index in [1.807, 2.05) is 0 Å². The SMILES string of the molecule is CCCCCOC(=O)c1ccc(NC(N)=NC(N)=NCCCCCCN=C(N)N=C(N)Nc2ccc(C(=O)OCCCCC)cc2)cc1. The Balaban J connectivity index is 1.63. The van der Waals surface area contributed by atoms with Gasteiger partial charge in [-0.05, 0) is 74.2 Å². The molecule has 14 heteroatoms. The molecule has 0 spiro atoms. The number of carbonyl (C=O) groups is 2. The highest BCUT2D eigenvalue weighted by atomic mass is 16.5. The van der Waals surface area contributed by atoms with Crippen LogP contribution in [0.4, 0.5) is 11.4 Å². The van der Waals surface area contributed by atoms with Crippen molar-refractivity contribution >= 4 is 47.2 Å². The molecule has 0 aliphatic heterocycles. The lowest BCUT2D eigenvalue weighted by Crippen LogP contribution is -2.26. The number of carbonyl (C=O) groups excluding carboxylic acids is 2. The van der Waals surface area contributed by atoms with E-state index in [1.165, 1.54) is 0 Å². The molecule has 48 heavy (non-hydrogen) atoms. The molecule has 0 saturated carbocycles. The number of hydrogen-bond donors (Lipinski definition) is 6. The van der Waals surface area contributed by atoms with Crippen LogP contribution in [0.5, 0.6) is 0 Å². The van der Waals surface area contributed by atoms with Crippen molar-refractivity contribution in [2.45, 2.75) is 78.1 Å². The van der Waals surface area contributed by atoms with Crippen LogP contribution in [-0.2, 0) is 9.47 Å². The zero-order chi connectivity index (χ0) is 35.0. The Hall–Kier alpha value is -5.14. The predicted molar refractivity (Wildman–Crippen MR) is 194 cm³/mol. The zero-order valence-corrected chi connectivity index (χ0v) is 28.2. The van der Waals surface area contributed by atoms with Crippen molar-refractivity contribution in [2.75, 3.05) is 36.9 Å². The number of rotatable bonds is 19. The summed E-state index contributed by atoms with van der Waals surface area (Å²) in [6.45, 7) is 6.04. The summed E-state index contributed by atoms with van der Waals surface area (Å²) < 4.78 is 10.5. The topological polar surface area (TPSA) is 230 Å². The van der Waals surface area contributed by atoms with Crippen molar-refractivity contribution in [3.8, 4) is 0 Å². The van der Waals surface area contributed by atoms with Crippen LogP contribution < -0.4 is 33.6 Å². The average Bonchev–Trinajstić information content (AvgIpc) is 3.06. The van der Waals surface area contributed by atoms with Gasteiger partial charge >= 0.3 is 11.9 Å². The number of aliphatic imine (C=N–C) groups is 4. The molecule has 2 aromatic rings. The first-order valence-corrected chi connectivity index (χ1v) is 16.6. The molecule has 0 amide bonds. The van der Waals surface area contributed by atoms with Crippen molar-refractivity contribution in [3.63, 3.8) is 0 Å². The van der Waals surface area contributed by atoms with Crippen molar-refractivity contribution in [1.29, 1.82) is 0 Å². The van der Waals surface area contributed by atoms with Crippen LogP contribution in [0.25, 0.3) is 0 Å². The predicted octanol–water partition coefficient (Wildman–Crippen LogP) is 4.72. The number of unbranched alkanes of at least 4 members (excludes halogenated alkanes) is 7. The molecule has 10 N–H and O–H groups in total. The van der Waals surface area contributed by atoms with Gasteiger partial charge < -0.3 is 43.0 Å². The first kappa shape index (κ1) is 39.0. The van der Waals surface area contributed by atoms with E-state index >= 15 is 0 Å². The third kappa shape index (κ3) is 17.0. The van der Waals surface area contributed by atoms with E-state index in [0.29, 0.717) is 48.8 Å². The van der Waals surface area contributed by atoms with E-state index in [1.54, 1.807) is 48.5 Å². The van der Waals surface area contributed by atoms with Crippen molar-refractivity contribution in [1.82, 2.24) is 0 Å². The minimum Gasteiger partial charge on any atom is -0.462 e. The summed E-state index contributed by atoms with van der Waals surface area (Å²) in [6.07, 6.45) is 9.39. The van der Waals surface area contributed by atoms with Gasteiger partial charge in [0, 0.05) is 24.5 Å². The van der Waals surface area contributed by atoms with Crippen LogP contribution in [0.1, 0.15) is 98.8 Å². The smallest absolute Gasteiger partial charge is 0.338 e. The van der Waals surface area contributed by atoms with Gasteiger partial charge in [0.1, 0.15) is 0 Å². The van der Waals surface area contributed by atoms with Gasteiger partial charge in [0.15, 0.2) is 0 Å². The lowest BCUT2D eigenvalue weighted by atomic mass is 10.2. The molecule has 262 valence electrons. The van der Waals surface area contributed by atoms with E-state index in [9.17, 15) is 9.59 Å². The van der Waals surface area contributed by atoms with Gasteiger partial charge in [-0.3, -0.25) is 9.98 Å². The van der Waals surface area contributed by atoms with Crippen molar-refractivity contribution in [2.24, 2.45) is 42.9 Å². The molecule has 14 nitrogen and oxygen atoms in total. The fraction of sp³-hybridized carbons (Fsp3) is 0.471. The Bertz CT molecular complexity index is 1270. The Morgan fingerprint density at radius 3 is 1.29 bits per heavy atom. The summed E-state index contributed by atoms with van der Waals surface area (Å²) in [5.41, 5.74) is 25.9. The quantitative estimate of drug-likeness (QED) is 0.0523. The molecule has 0 bridgehead atoms. The van der Waals surface area contributed by atoms with Crippen LogP contribution in [0.15, 0.2) is 68.5 Å². The van der Waals surface area contributed by atoms with Crippen molar-refractivity contribution < 1.29 is 19.1 Å². The normalized spacial score (nSPS) is 12.5. The number of anilines is 2. The molecule has 0 aliphatic rings. The second-order valence-corrected chi connectivity index (χ2v) is 11.0. The number of nitrogens with one attached hydrogen (secondary N) is 2. The highest BCUT2D eigenvalue weighted by Gasteiger charge is 2.08. The molecule has 0 aliphatic carbocycles. The first-order valence-electron chi connectivity index (χ1n) is 16.6. The molecule has 2 aromatic carbocycles. The zero-order valence-electron chi connectivity index (χ0n) is 28.2. The average molecular weight is 665 g/mol. The maximum absolute atomic E-state index is 12.1. The van der Waals surface area contributed by atoms with E-state index in [2.05, 4.69) is 44.5 Å². The molecule has 0 heterocycles. The number of esters is 2. The molecule has 0 atom stereocenters. The van der Waals surface area contributed by atoms with Gasteiger partial charge in [0.05, 0.1) is 24.3 Å². The first-order chi connectivity index (χ1) is 23.2. The van der Waals surface area contributed by atoms with Crippen molar-refractivity contribution in [3.05, 3.63) is 59.7 Å². The van der Waals surface area contributed by atoms with Gasteiger partial charge in [-0.25, -0.2) is 9.59 Å². The molecular weight excluding hydrogens is 612 g/mol. The van der Waals surface area contributed by atoms with E-state index in [0.717, 1.165) is 64.2 Å². The van der Waals surface area contributed by atoms with Gasteiger partial charge in [-0.15, -0.1) is 0 Å². The molecule has 0 saturated heterocycles. The van der Waals surface area contributed by atoms with Gasteiger partial charge in [-0.2, -0.15) is 9.98 Å². The molecule has 2 rings (SSSR count). The summed E-state index contributed by atoms with van der Waals surface area (Å²) in [4.78, 5) is 40.8. The highest BCUT2D eigenvalue weighted by molar-refractivity contribution is 6.01. The van der Waals surface area contributed by atoms with E-state index in [4.69, 9.17) is 32.4 Å². The van der Waals surface area contributed by atoms with E-state index in [-0.39, 0.29) is 35.8 Å². The number of guanidine groups is 4. The summed E-state index contributed by atoms with van der Waals surface area (Å²) in [6, 6.07) is 13.5. The lowest BCUT2D eigenvalue weighted by molar-refractivity contribution is 0.0489. The van der Waals surface area contributed by atoms with E-state index < -0.39 is 0 Å². The Labute approximate surface area is 283 Å². The Morgan fingerprint density at radius 1 is 0.562 bits per heavy atom. The second-order valence-electron chi connectivity index (χ2n) is 11.0. The number of nitrogens with zero attached hydrogens (tertiary/aromatic N) is 4. The number of benzene rings is 2. The van der Waals surface area contributed by atoms with Crippen LogP contribution >= 0.6 is 0 Å². The minimum absolute atomic E-state index is 0.0740. The fourth-order valence-electron chi connectivity index (χ4n) is 4.21. The van der Waals surface area contributed by atoms with Crippen LogP contribution in [0.3, 0.4) is 0 Å². The van der Waals surface area contributed by atoms with Gasteiger partial charge in [0.25, 0.3) is 0 Å². The second kappa shape index (κ2) is 23.2. The lowest BCUT2D eigenvalue weighted by Gasteiger charge is -2.07. The maximum atomic E-state index is 12.1. The van der Waals surface area contributed by atoms with Crippen LogP contribution in [-0.4, -0.2) is 62.1 Å². The Kier molecular flexibility index (Phi) is 18.9. The largest absolute Gasteiger partial charge is 0.462 e. The molecule has 0 aromatic heterocycles. The minimum atomic E-state index is -0.352. The number of ether oxygens (including phenoxy) is 2. The monoisotopic (exact) mass is 664 g/mol. The standard InChI is InChI=1S/C34H52N10O4/c1-3-5-11-23-47-29(45)25-13-17-27(18-14-25)41-33(37)43-31(35)39-21-9-7-8-10-22-40-32(36)44-34(38)42-28-19-15-26(16-20-28)30(46)48-24-12-6-4-2/h13-20H,3-12,21-24H2,1-2H3,(H5,35,37,39,41,43)(H5,36,38,40,42,44). The summed E-state index contributed by atoms with van der Waals surface area (Å²) in [7, 11) is 0. The van der Waals surface area contributed by atoms with Crippen LogP contribution in [0, 0.1) is 0 Å². The van der Waals surface area contributed by atoms with Crippen LogP contribution in [0.2, 0.25) is 0 Å². The highest BCUT2D eigenvalue weighted by Crippen LogP contribution is 2.12. The Morgan fingerprint density at radius 2 is 0.938 bits per heavy atom. The third-order valence-electron chi connectivity index (χ3n) is 6.83. The maximum Gasteiger partial charge on any atom is 0.338 e. The summed E-state index contributed by atoms with van der Waals surface area (Å²) in [5.74, 6) is -0.375. The number of nitrogens with two attached hydrogens (primary N) is 4. The fourth-order valence-corrected chi connectivity index (χ4v) is 4.21.